The van der Waals surface area contributed by atoms with Gasteiger partial charge in [-0.15, -0.1) is 0 Å². The van der Waals surface area contributed by atoms with Crippen LogP contribution in [0, 0.1) is 6.92 Å². The maximum Gasteiger partial charge on any atom is 0.519 e. The van der Waals surface area contributed by atoms with E-state index in [1.807, 2.05) is 95.8 Å². The van der Waals surface area contributed by atoms with Crippen molar-refractivity contribution in [2.24, 2.45) is 0 Å². The molecule has 0 unspecified atom stereocenters. The Morgan fingerprint density at radius 3 is 2.41 bits per heavy atom. The number of carbonyl (C=O) groups is 1. The van der Waals surface area contributed by atoms with Gasteiger partial charge in [-0.3, -0.25) is 0 Å². The predicted molar refractivity (Wildman–Crippen MR) is 146 cm³/mol. The lowest BCUT2D eigenvalue weighted by Crippen LogP contribution is -2.35. The third-order valence-corrected chi connectivity index (χ3v) is 6.11. The molecule has 2 heterocycles. The highest BCUT2D eigenvalue weighted by Gasteiger charge is 2.14. The summed E-state index contributed by atoms with van der Waals surface area (Å²) in [4.78, 5) is 23.7. The highest BCUT2D eigenvalue weighted by atomic mass is 16.6. The topological polar surface area (TPSA) is 97.6 Å². The number of carbonyl (C=O) groups excluding carboxylic acids is 1. The molecule has 5 aromatic rings. The van der Waals surface area contributed by atoms with Crippen molar-refractivity contribution in [1.82, 2.24) is 5.32 Å². The number of hydrogen-bond acceptors (Lipinski definition) is 5. The first kappa shape index (κ1) is 25.5. The quantitative estimate of drug-likeness (QED) is 0.251. The summed E-state index contributed by atoms with van der Waals surface area (Å²) >= 11 is 0. The lowest BCUT2D eigenvalue weighted by molar-refractivity contribution is -0.690. The Morgan fingerprint density at radius 2 is 1.64 bits per heavy atom. The van der Waals surface area contributed by atoms with Crippen molar-refractivity contribution in [1.29, 1.82) is 0 Å². The summed E-state index contributed by atoms with van der Waals surface area (Å²) in [5.41, 5.74) is 4.70. The summed E-state index contributed by atoms with van der Waals surface area (Å²) in [5, 5.41) is 5.71. The van der Waals surface area contributed by atoms with Crippen molar-refractivity contribution >= 4 is 11.7 Å². The number of amides is 2. The Morgan fingerprint density at radius 1 is 0.872 bits per heavy atom. The average Bonchev–Trinajstić information content (AvgIpc) is 3.28. The maximum absolute atomic E-state index is 12.5. The number of anilines is 1. The van der Waals surface area contributed by atoms with Crippen LogP contribution in [0.5, 0.6) is 5.75 Å². The molecule has 0 bridgehead atoms. The number of urea groups is 1. The monoisotopic (exact) mass is 522 g/mol. The van der Waals surface area contributed by atoms with Crippen LogP contribution in [-0.2, 0) is 19.7 Å². The maximum atomic E-state index is 12.5. The lowest BCUT2D eigenvalue weighted by Gasteiger charge is -2.12. The van der Waals surface area contributed by atoms with E-state index in [1.54, 1.807) is 6.92 Å². The summed E-state index contributed by atoms with van der Waals surface area (Å²) in [6, 6.07) is 29.1. The van der Waals surface area contributed by atoms with E-state index in [2.05, 4.69) is 22.8 Å². The van der Waals surface area contributed by atoms with E-state index >= 15 is 0 Å². The molecule has 3 aromatic carbocycles. The van der Waals surface area contributed by atoms with Crippen LogP contribution in [0.1, 0.15) is 22.6 Å². The molecule has 0 radical (unpaired) electrons. The van der Waals surface area contributed by atoms with Crippen molar-refractivity contribution in [2.75, 3.05) is 5.32 Å². The first-order chi connectivity index (χ1) is 19.0. The highest BCUT2D eigenvalue weighted by molar-refractivity contribution is 5.89. The van der Waals surface area contributed by atoms with Gasteiger partial charge in [0.2, 0.25) is 12.3 Å². The minimum atomic E-state index is -0.716. The summed E-state index contributed by atoms with van der Waals surface area (Å²) in [7, 11) is 0. The second-order valence-electron chi connectivity index (χ2n) is 8.97. The number of nitrogens with one attached hydrogen (secondary N) is 2. The number of aromatic nitrogens is 1. The summed E-state index contributed by atoms with van der Waals surface area (Å²) in [6.45, 7) is 2.77. The van der Waals surface area contributed by atoms with Crippen LogP contribution in [0.15, 0.2) is 117 Å². The van der Waals surface area contributed by atoms with Crippen LogP contribution in [0.2, 0.25) is 0 Å². The molecule has 0 aliphatic carbocycles. The lowest BCUT2D eigenvalue weighted by atomic mass is 10.0. The zero-order chi connectivity index (χ0) is 27.0. The Labute approximate surface area is 225 Å². The van der Waals surface area contributed by atoms with Gasteiger partial charge in [-0.25, -0.2) is 9.59 Å². The zero-order valence-electron chi connectivity index (χ0n) is 21.4. The third kappa shape index (κ3) is 6.81. The molecular formula is C31H28N3O5+. The van der Waals surface area contributed by atoms with Gasteiger partial charge >= 0.3 is 11.9 Å². The van der Waals surface area contributed by atoms with Crippen LogP contribution >= 0.6 is 0 Å². The average molecular weight is 523 g/mol. The van der Waals surface area contributed by atoms with Crippen molar-refractivity contribution in [2.45, 2.75) is 26.6 Å². The first-order valence-electron chi connectivity index (χ1n) is 12.5. The van der Waals surface area contributed by atoms with Gasteiger partial charge in [-0.2, -0.15) is 4.57 Å². The van der Waals surface area contributed by atoms with E-state index in [0.29, 0.717) is 36.9 Å². The van der Waals surface area contributed by atoms with Gasteiger partial charge in [0, 0.05) is 22.9 Å². The molecule has 2 aromatic heterocycles. The van der Waals surface area contributed by atoms with Crippen molar-refractivity contribution in [3.8, 4) is 16.9 Å². The molecule has 2 N–H and O–H groups in total. The molecule has 8 nitrogen and oxygen atoms in total. The van der Waals surface area contributed by atoms with Crippen LogP contribution in [-0.4, -0.2) is 6.03 Å². The molecular weight excluding hydrogens is 494 g/mol. The number of nitrogens with zero attached hydrogens (tertiary/aromatic N) is 1. The van der Waals surface area contributed by atoms with Crippen molar-refractivity contribution < 1.29 is 22.9 Å². The molecule has 2 amide bonds. The fourth-order valence-electron chi connectivity index (χ4n) is 4.12. The third-order valence-electron chi connectivity index (χ3n) is 6.11. The molecule has 196 valence electrons. The number of hydrogen-bond donors (Lipinski definition) is 2. The molecule has 8 heteroatoms. The van der Waals surface area contributed by atoms with Crippen molar-refractivity contribution in [3.05, 3.63) is 137 Å². The van der Waals surface area contributed by atoms with E-state index in [0.717, 1.165) is 28.0 Å². The van der Waals surface area contributed by atoms with E-state index in [-0.39, 0.29) is 6.03 Å². The normalized spacial score (nSPS) is 10.7. The molecule has 0 saturated heterocycles. The zero-order valence-corrected chi connectivity index (χ0v) is 21.4. The Bertz CT molecular complexity index is 1610. The number of rotatable bonds is 9. The van der Waals surface area contributed by atoms with Gasteiger partial charge in [0.05, 0.1) is 6.54 Å². The number of pyridine rings is 1. The fourth-order valence-corrected chi connectivity index (χ4v) is 4.12. The molecule has 0 saturated carbocycles. The minimum absolute atomic E-state index is 0.317. The van der Waals surface area contributed by atoms with E-state index in [9.17, 15) is 9.59 Å². The highest BCUT2D eigenvalue weighted by Crippen LogP contribution is 2.30. The van der Waals surface area contributed by atoms with E-state index in [4.69, 9.17) is 13.6 Å². The molecule has 0 aliphatic heterocycles. The SMILES string of the molecule is Cc1oc(=O)oc1C[n+]1cccc(CNC(=O)Nc2ccc(COc3ccccc3-c3ccccc3)cc2)c1. The second-order valence-corrected chi connectivity index (χ2v) is 8.97. The summed E-state index contributed by atoms with van der Waals surface area (Å²) < 4.78 is 17.9. The van der Waals surface area contributed by atoms with Gasteiger partial charge in [-0.1, -0.05) is 60.7 Å². The smallest absolute Gasteiger partial charge is 0.488 e. The Hall–Kier alpha value is -5.11. The molecule has 0 spiro atoms. The molecule has 39 heavy (non-hydrogen) atoms. The van der Waals surface area contributed by atoms with Gasteiger partial charge in [0.15, 0.2) is 18.2 Å². The van der Waals surface area contributed by atoms with Crippen LogP contribution in [0.4, 0.5) is 10.5 Å². The molecule has 5 rings (SSSR count). The Kier molecular flexibility index (Phi) is 7.83. The van der Waals surface area contributed by atoms with E-state index in [1.165, 1.54) is 0 Å². The van der Waals surface area contributed by atoms with Crippen LogP contribution in [0.3, 0.4) is 0 Å². The number of benzene rings is 3. The van der Waals surface area contributed by atoms with Gasteiger partial charge < -0.3 is 24.2 Å². The van der Waals surface area contributed by atoms with Gasteiger partial charge in [0.1, 0.15) is 12.4 Å². The molecule has 0 aliphatic rings. The van der Waals surface area contributed by atoms with Gasteiger partial charge in [-0.05, 0) is 42.3 Å². The Balaban J connectivity index is 1.12. The number of aryl methyl sites for hydroxylation is 1. The van der Waals surface area contributed by atoms with Crippen LogP contribution < -0.4 is 25.8 Å². The predicted octanol–water partition coefficient (Wildman–Crippen LogP) is 5.44. The molecule has 0 atom stereocenters. The summed E-state index contributed by atoms with van der Waals surface area (Å²) in [5.74, 6) is 1.01. The number of para-hydroxylation sites is 1. The number of ether oxygens (including phenoxy) is 1. The van der Waals surface area contributed by atoms with Crippen LogP contribution in [0.25, 0.3) is 11.1 Å². The second kappa shape index (κ2) is 12.0. The van der Waals surface area contributed by atoms with Gasteiger partial charge in [0.25, 0.3) is 0 Å². The van der Waals surface area contributed by atoms with Crippen molar-refractivity contribution in [3.63, 3.8) is 0 Å². The molecule has 0 fully saturated rings. The first-order valence-corrected chi connectivity index (χ1v) is 12.5. The minimum Gasteiger partial charge on any atom is -0.488 e. The standard InChI is InChI=1S/C31H27N3O5/c1-22-29(39-31(36)38-22)20-34-17-7-8-24(19-34)18-32-30(35)33-26-15-13-23(14-16-26)21-37-28-12-6-5-11-27(28)25-9-3-2-4-10-25/h2-17,19H,18,20-21H2,1H3,(H-,32,33,35)/p+1. The van der Waals surface area contributed by atoms with E-state index < -0.39 is 5.82 Å². The fraction of sp³-hybridized carbons (Fsp3) is 0.129. The largest absolute Gasteiger partial charge is 0.519 e. The summed E-state index contributed by atoms with van der Waals surface area (Å²) in [6.07, 6.45) is 3.72.